The second-order valence-electron chi connectivity index (χ2n) is 4.95. The highest BCUT2D eigenvalue weighted by molar-refractivity contribution is 9.10. The summed E-state index contributed by atoms with van der Waals surface area (Å²) in [7, 11) is 0. The second kappa shape index (κ2) is 6.29. The van der Waals surface area contributed by atoms with Gasteiger partial charge in [-0.05, 0) is 40.5 Å². The van der Waals surface area contributed by atoms with Gasteiger partial charge in [-0.1, -0.05) is 80.4 Å². The summed E-state index contributed by atoms with van der Waals surface area (Å²) in [6.45, 7) is 0. The van der Waals surface area contributed by atoms with Gasteiger partial charge in [0, 0.05) is 9.30 Å². The van der Waals surface area contributed by atoms with Gasteiger partial charge in [0.05, 0.1) is 0 Å². The van der Waals surface area contributed by atoms with Crippen molar-refractivity contribution in [2.24, 2.45) is 0 Å². The number of alkyl halides is 1. The molecule has 0 spiro atoms. The van der Waals surface area contributed by atoms with Crippen LogP contribution in [0.3, 0.4) is 0 Å². The Morgan fingerprint density at radius 1 is 0.857 bits per heavy atom. The van der Waals surface area contributed by atoms with Gasteiger partial charge in [0.25, 0.3) is 0 Å². The van der Waals surface area contributed by atoms with Gasteiger partial charge in [0.15, 0.2) is 0 Å². The van der Waals surface area contributed by atoms with Gasteiger partial charge >= 0.3 is 0 Å². The molecule has 3 heteroatoms. The van der Waals surface area contributed by atoms with Gasteiger partial charge in [-0.25, -0.2) is 4.39 Å². The fourth-order valence-corrected chi connectivity index (χ4v) is 3.75. The van der Waals surface area contributed by atoms with Crippen LogP contribution in [-0.4, -0.2) is 0 Å². The summed E-state index contributed by atoms with van der Waals surface area (Å²) in [6.07, 6.45) is 0.623. The smallest absolute Gasteiger partial charge is 0.126 e. The van der Waals surface area contributed by atoms with Crippen molar-refractivity contribution in [3.8, 4) is 0 Å². The first-order chi connectivity index (χ1) is 10.2. The molecule has 3 aromatic carbocycles. The molecule has 0 amide bonds. The molecule has 0 nitrogen and oxygen atoms in total. The molecule has 0 aromatic heterocycles. The van der Waals surface area contributed by atoms with Crippen molar-refractivity contribution in [2.45, 2.75) is 11.2 Å². The molecule has 21 heavy (non-hydrogen) atoms. The van der Waals surface area contributed by atoms with Crippen molar-refractivity contribution in [3.05, 3.63) is 82.1 Å². The summed E-state index contributed by atoms with van der Waals surface area (Å²) in [5.74, 6) is -0.150. The zero-order valence-corrected chi connectivity index (χ0v) is 14.4. The molecule has 1 unspecified atom stereocenters. The number of halogens is 3. The molecule has 0 aliphatic heterocycles. The van der Waals surface area contributed by atoms with Crippen molar-refractivity contribution in [3.63, 3.8) is 0 Å². The van der Waals surface area contributed by atoms with Crippen LogP contribution in [0.2, 0.25) is 0 Å². The fraction of sp³-hybridized carbons (Fsp3) is 0.111. The summed E-state index contributed by atoms with van der Waals surface area (Å²) in [5, 5.41) is 2.36. The molecular weight excluding hydrogens is 395 g/mol. The normalized spacial score (nSPS) is 12.5. The first-order valence-electron chi connectivity index (χ1n) is 6.71. The standard InChI is InChI=1S/C18H13Br2F/c19-16-10-9-15(13-6-2-3-7-14(13)16)17(20)11-12-5-1-4-8-18(12)21/h1-10,17H,11H2. The molecule has 0 saturated carbocycles. The first kappa shape index (κ1) is 14.7. The Bertz CT molecular complexity index is 783. The van der Waals surface area contributed by atoms with Crippen molar-refractivity contribution < 1.29 is 4.39 Å². The van der Waals surface area contributed by atoms with Crippen LogP contribution in [0.1, 0.15) is 16.0 Å². The molecule has 0 aliphatic rings. The Balaban J connectivity index is 2.01. The van der Waals surface area contributed by atoms with Crippen LogP contribution in [0, 0.1) is 5.82 Å². The SMILES string of the molecule is Fc1ccccc1CC(Br)c1ccc(Br)c2ccccc12. The van der Waals surface area contributed by atoms with E-state index in [1.54, 1.807) is 6.07 Å². The maximum atomic E-state index is 13.8. The second-order valence-corrected chi connectivity index (χ2v) is 6.90. The molecule has 0 saturated heterocycles. The number of rotatable bonds is 3. The van der Waals surface area contributed by atoms with Gasteiger partial charge in [-0.3, -0.25) is 0 Å². The molecule has 0 N–H and O–H groups in total. The molecule has 0 bridgehead atoms. The van der Waals surface area contributed by atoms with Crippen LogP contribution >= 0.6 is 31.9 Å². The zero-order chi connectivity index (χ0) is 14.8. The molecule has 106 valence electrons. The molecule has 0 aliphatic carbocycles. The van der Waals surface area contributed by atoms with E-state index in [1.165, 1.54) is 22.4 Å². The minimum absolute atomic E-state index is 0.0763. The maximum Gasteiger partial charge on any atom is 0.126 e. The third kappa shape index (κ3) is 3.04. The highest BCUT2D eigenvalue weighted by atomic mass is 79.9. The van der Waals surface area contributed by atoms with Crippen LogP contribution in [0.5, 0.6) is 0 Å². The summed E-state index contributed by atoms with van der Waals surface area (Å²) >= 11 is 7.30. The lowest BCUT2D eigenvalue weighted by molar-refractivity contribution is 0.608. The minimum atomic E-state index is -0.150. The third-order valence-corrected chi connectivity index (χ3v) is 5.11. The maximum absolute atomic E-state index is 13.8. The summed E-state index contributed by atoms with van der Waals surface area (Å²) in [4.78, 5) is 0.0763. The average Bonchev–Trinajstić information content (AvgIpc) is 2.50. The lowest BCUT2D eigenvalue weighted by atomic mass is 9.98. The summed E-state index contributed by atoms with van der Waals surface area (Å²) < 4.78 is 14.9. The van der Waals surface area contributed by atoms with Gasteiger partial charge in [0.1, 0.15) is 5.82 Å². The summed E-state index contributed by atoms with van der Waals surface area (Å²) in [6, 6.07) is 19.3. The van der Waals surface area contributed by atoms with Crippen molar-refractivity contribution >= 4 is 42.6 Å². The van der Waals surface area contributed by atoms with E-state index in [-0.39, 0.29) is 10.6 Å². The quantitative estimate of drug-likeness (QED) is 0.439. The van der Waals surface area contributed by atoms with E-state index in [0.717, 1.165) is 10.0 Å². The molecule has 3 aromatic rings. The van der Waals surface area contributed by atoms with E-state index in [9.17, 15) is 4.39 Å². The number of hydrogen-bond donors (Lipinski definition) is 0. The predicted molar refractivity (Wildman–Crippen MR) is 93.4 cm³/mol. The van der Waals surface area contributed by atoms with Gasteiger partial charge < -0.3 is 0 Å². The third-order valence-electron chi connectivity index (χ3n) is 3.60. The number of fused-ring (bicyclic) bond motifs is 1. The van der Waals surface area contributed by atoms with Gasteiger partial charge in [0.2, 0.25) is 0 Å². The van der Waals surface area contributed by atoms with Crippen LogP contribution in [0.25, 0.3) is 10.8 Å². The Labute approximate surface area is 140 Å². The van der Waals surface area contributed by atoms with Gasteiger partial charge in [-0.2, -0.15) is 0 Å². The van der Waals surface area contributed by atoms with Crippen LogP contribution in [-0.2, 0) is 6.42 Å². The number of hydrogen-bond acceptors (Lipinski definition) is 0. The monoisotopic (exact) mass is 406 g/mol. The van der Waals surface area contributed by atoms with Crippen LogP contribution in [0.4, 0.5) is 4.39 Å². The lowest BCUT2D eigenvalue weighted by Gasteiger charge is -2.14. The minimum Gasteiger partial charge on any atom is -0.207 e. The molecular formula is C18H13Br2F. The molecule has 0 heterocycles. The van der Waals surface area contributed by atoms with E-state index in [2.05, 4.69) is 50.1 Å². The summed E-state index contributed by atoms with van der Waals surface area (Å²) in [5.41, 5.74) is 1.91. The Morgan fingerprint density at radius 3 is 2.29 bits per heavy atom. The fourth-order valence-electron chi connectivity index (χ4n) is 2.53. The van der Waals surface area contributed by atoms with E-state index in [4.69, 9.17) is 0 Å². The van der Waals surface area contributed by atoms with Gasteiger partial charge in [-0.15, -0.1) is 0 Å². The molecule has 3 rings (SSSR count). The van der Waals surface area contributed by atoms with E-state index in [1.807, 2.05) is 30.3 Å². The zero-order valence-electron chi connectivity index (χ0n) is 11.2. The average molecular weight is 408 g/mol. The Morgan fingerprint density at radius 2 is 1.52 bits per heavy atom. The Kier molecular flexibility index (Phi) is 4.41. The highest BCUT2D eigenvalue weighted by Crippen LogP contribution is 2.35. The van der Waals surface area contributed by atoms with Crippen molar-refractivity contribution in [2.75, 3.05) is 0 Å². The van der Waals surface area contributed by atoms with Crippen molar-refractivity contribution in [1.82, 2.24) is 0 Å². The molecule has 0 fully saturated rings. The largest absolute Gasteiger partial charge is 0.207 e. The Hall–Kier alpha value is -1.19. The van der Waals surface area contributed by atoms with E-state index >= 15 is 0 Å². The lowest BCUT2D eigenvalue weighted by Crippen LogP contribution is -1.99. The highest BCUT2D eigenvalue weighted by Gasteiger charge is 2.14. The van der Waals surface area contributed by atoms with E-state index in [0.29, 0.717) is 6.42 Å². The van der Waals surface area contributed by atoms with Crippen molar-refractivity contribution in [1.29, 1.82) is 0 Å². The molecule has 1 atom stereocenters. The van der Waals surface area contributed by atoms with Crippen LogP contribution in [0.15, 0.2) is 65.1 Å². The van der Waals surface area contributed by atoms with E-state index < -0.39 is 0 Å². The number of benzene rings is 3. The van der Waals surface area contributed by atoms with Crippen LogP contribution < -0.4 is 0 Å². The predicted octanol–water partition coefficient (Wildman–Crippen LogP) is 6.42. The first-order valence-corrected chi connectivity index (χ1v) is 8.42. The molecule has 0 radical (unpaired) electrons. The topological polar surface area (TPSA) is 0 Å².